The molecule has 16 heavy (non-hydrogen) atoms. The second kappa shape index (κ2) is 4.05. The van der Waals surface area contributed by atoms with E-state index in [0.29, 0.717) is 29.2 Å². The fourth-order valence-electron chi connectivity index (χ4n) is 3.45. The minimum atomic E-state index is 0.308. The normalized spacial score (nSPS) is 41.5. The van der Waals surface area contributed by atoms with Gasteiger partial charge in [-0.05, 0) is 42.9 Å². The van der Waals surface area contributed by atoms with Crippen LogP contribution in [0.4, 0.5) is 0 Å². The Morgan fingerprint density at radius 3 is 2.31 bits per heavy atom. The quantitative estimate of drug-likeness (QED) is 0.766. The third-order valence-corrected chi connectivity index (χ3v) is 4.18. The summed E-state index contributed by atoms with van der Waals surface area (Å²) in [4.78, 5) is 11.9. The van der Waals surface area contributed by atoms with E-state index in [1.165, 1.54) is 6.42 Å². The van der Waals surface area contributed by atoms with Gasteiger partial charge in [-0.1, -0.05) is 27.7 Å². The summed E-state index contributed by atoms with van der Waals surface area (Å²) >= 11 is 0. The van der Waals surface area contributed by atoms with E-state index in [2.05, 4.69) is 33.0 Å². The smallest absolute Gasteiger partial charge is 0.223 e. The van der Waals surface area contributed by atoms with Gasteiger partial charge >= 0.3 is 0 Å². The fourth-order valence-corrected chi connectivity index (χ4v) is 3.45. The highest BCUT2D eigenvalue weighted by molar-refractivity contribution is 5.81. The van der Waals surface area contributed by atoms with Crippen LogP contribution in [0.2, 0.25) is 0 Å². The Morgan fingerprint density at radius 2 is 1.81 bits per heavy atom. The van der Waals surface area contributed by atoms with E-state index in [1.807, 2.05) is 0 Å². The zero-order valence-electron chi connectivity index (χ0n) is 11.0. The molecule has 2 heteroatoms. The Hall–Kier alpha value is -0.530. The Labute approximate surface area is 99.2 Å². The van der Waals surface area contributed by atoms with Gasteiger partial charge in [0.25, 0.3) is 0 Å². The van der Waals surface area contributed by atoms with Crippen molar-refractivity contribution in [3.63, 3.8) is 0 Å². The Kier molecular flexibility index (Phi) is 3.02. The third kappa shape index (κ3) is 2.78. The number of hydrogen-bond donors (Lipinski definition) is 1. The number of rotatable bonds is 2. The summed E-state index contributed by atoms with van der Waals surface area (Å²) in [7, 11) is 0. The van der Waals surface area contributed by atoms with E-state index >= 15 is 0 Å². The molecule has 4 atom stereocenters. The van der Waals surface area contributed by atoms with Gasteiger partial charge in [-0.2, -0.15) is 0 Å². The molecule has 0 saturated heterocycles. The van der Waals surface area contributed by atoms with Gasteiger partial charge in [0.1, 0.15) is 0 Å². The lowest BCUT2D eigenvalue weighted by molar-refractivity contribution is -0.123. The maximum absolute atomic E-state index is 11.9. The first-order valence-electron chi connectivity index (χ1n) is 6.68. The van der Waals surface area contributed by atoms with Crippen LogP contribution in [0.15, 0.2) is 0 Å². The lowest BCUT2D eigenvalue weighted by Gasteiger charge is -2.39. The molecule has 0 aromatic rings. The Morgan fingerprint density at radius 1 is 1.19 bits per heavy atom. The van der Waals surface area contributed by atoms with Crippen molar-refractivity contribution in [2.24, 2.45) is 23.2 Å². The molecule has 0 bridgehead atoms. The molecular weight excluding hydrogens is 198 g/mol. The van der Waals surface area contributed by atoms with Crippen LogP contribution in [0, 0.1) is 23.2 Å². The third-order valence-electron chi connectivity index (χ3n) is 4.18. The van der Waals surface area contributed by atoms with E-state index in [9.17, 15) is 4.79 Å². The van der Waals surface area contributed by atoms with Gasteiger partial charge in [-0.15, -0.1) is 0 Å². The molecule has 1 amide bonds. The molecule has 0 aromatic carbocycles. The average Bonchev–Trinajstić information content (AvgIpc) is 2.78. The van der Waals surface area contributed by atoms with E-state index in [-0.39, 0.29) is 0 Å². The van der Waals surface area contributed by atoms with E-state index in [0.717, 1.165) is 25.2 Å². The number of nitrogens with one attached hydrogen (secondary N) is 1. The van der Waals surface area contributed by atoms with E-state index in [4.69, 9.17) is 0 Å². The van der Waals surface area contributed by atoms with Crippen molar-refractivity contribution in [1.82, 2.24) is 5.32 Å². The fraction of sp³-hybridized carbons (Fsp3) is 0.929. The van der Waals surface area contributed by atoms with Gasteiger partial charge in [-0.25, -0.2) is 0 Å². The van der Waals surface area contributed by atoms with Crippen LogP contribution in [0.3, 0.4) is 0 Å². The molecule has 1 N–H and O–H groups in total. The standard InChI is InChI=1S/C14H25NO/c1-9-5-11(8-14(3,4)7-9)15-13(16)12-6-10(12)2/h9-12H,5-8H2,1-4H3,(H,15,16)/t9-,10-,11+,12-/m1/s1. The summed E-state index contributed by atoms with van der Waals surface area (Å²) in [5.74, 6) is 1.99. The summed E-state index contributed by atoms with van der Waals surface area (Å²) in [5.41, 5.74) is 0.394. The largest absolute Gasteiger partial charge is 0.353 e. The molecule has 2 aliphatic carbocycles. The van der Waals surface area contributed by atoms with Crippen molar-refractivity contribution in [3.05, 3.63) is 0 Å². The zero-order chi connectivity index (χ0) is 11.9. The van der Waals surface area contributed by atoms with Gasteiger partial charge in [-0.3, -0.25) is 4.79 Å². The molecule has 92 valence electrons. The van der Waals surface area contributed by atoms with Crippen LogP contribution in [-0.4, -0.2) is 11.9 Å². The molecule has 0 aliphatic heterocycles. The molecule has 0 heterocycles. The van der Waals surface area contributed by atoms with Crippen molar-refractivity contribution in [1.29, 1.82) is 0 Å². The Bertz CT molecular complexity index is 284. The van der Waals surface area contributed by atoms with Gasteiger partial charge in [0.2, 0.25) is 5.91 Å². The van der Waals surface area contributed by atoms with E-state index in [1.54, 1.807) is 0 Å². The highest BCUT2D eigenvalue weighted by Crippen LogP contribution is 2.40. The molecule has 0 spiro atoms. The Balaban J connectivity index is 1.87. The number of amides is 1. The monoisotopic (exact) mass is 223 g/mol. The van der Waals surface area contributed by atoms with Crippen LogP contribution in [-0.2, 0) is 4.79 Å². The SMILES string of the molecule is C[C@@H]1C[C@H](NC(=O)[C@@H]2C[C@H]2C)CC(C)(C)C1. The van der Waals surface area contributed by atoms with Gasteiger partial charge in [0.05, 0.1) is 0 Å². The minimum absolute atomic E-state index is 0.308. The summed E-state index contributed by atoms with van der Waals surface area (Å²) < 4.78 is 0. The summed E-state index contributed by atoms with van der Waals surface area (Å²) in [6.45, 7) is 9.11. The van der Waals surface area contributed by atoms with Crippen LogP contribution < -0.4 is 5.32 Å². The van der Waals surface area contributed by atoms with E-state index < -0.39 is 0 Å². The lowest BCUT2D eigenvalue weighted by atomic mass is 9.70. The molecule has 2 rings (SSSR count). The topological polar surface area (TPSA) is 29.1 Å². The first-order chi connectivity index (χ1) is 7.37. The van der Waals surface area contributed by atoms with Crippen LogP contribution in [0.25, 0.3) is 0 Å². The van der Waals surface area contributed by atoms with Crippen molar-refractivity contribution in [2.75, 3.05) is 0 Å². The van der Waals surface area contributed by atoms with Crippen molar-refractivity contribution in [2.45, 2.75) is 59.4 Å². The average molecular weight is 223 g/mol. The van der Waals surface area contributed by atoms with Gasteiger partial charge in [0.15, 0.2) is 0 Å². The number of hydrogen-bond acceptors (Lipinski definition) is 1. The maximum atomic E-state index is 11.9. The second-order valence-corrected chi connectivity index (χ2v) is 6.94. The summed E-state index contributed by atoms with van der Waals surface area (Å²) in [5, 5.41) is 3.26. The highest BCUT2D eigenvalue weighted by Gasteiger charge is 2.41. The predicted molar refractivity (Wildman–Crippen MR) is 66.0 cm³/mol. The van der Waals surface area contributed by atoms with Crippen molar-refractivity contribution in [3.8, 4) is 0 Å². The predicted octanol–water partition coefficient (Wildman–Crippen LogP) is 2.97. The van der Waals surface area contributed by atoms with Crippen molar-refractivity contribution < 1.29 is 4.79 Å². The second-order valence-electron chi connectivity index (χ2n) is 6.94. The first kappa shape index (κ1) is 11.9. The lowest BCUT2D eigenvalue weighted by Crippen LogP contribution is -2.43. The van der Waals surface area contributed by atoms with Crippen LogP contribution in [0.1, 0.15) is 53.4 Å². The van der Waals surface area contributed by atoms with Gasteiger partial charge in [0, 0.05) is 12.0 Å². The molecule has 2 nitrogen and oxygen atoms in total. The molecule has 2 saturated carbocycles. The number of carbonyl (C=O) groups excluding carboxylic acids is 1. The van der Waals surface area contributed by atoms with Crippen LogP contribution in [0.5, 0.6) is 0 Å². The molecule has 0 radical (unpaired) electrons. The minimum Gasteiger partial charge on any atom is -0.353 e. The summed E-state index contributed by atoms with van der Waals surface area (Å²) in [6.07, 6.45) is 4.69. The highest BCUT2D eigenvalue weighted by atomic mass is 16.2. The molecule has 2 aliphatic rings. The van der Waals surface area contributed by atoms with Gasteiger partial charge < -0.3 is 5.32 Å². The zero-order valence-corrected chi connectivity index (χ0v) is 11.0. The molecule has 2 fully saturated rings. The summed E-state index contributed by atoms with van der Waals surface area (Å²) in [6, 6.07) is 0.416. The van der Waals surface area contributed by atoms with Crippen molar-refractivity contribution >= 4 is 5.91 Å². The molecule has 0 aromatic heterocycles. The first-order valence-corrected chi connectivity index (χ1v) is 6.68. The number of carbonyl (C=O) groups is 1. The van der Waals surface area contributed by atoms with Crippen LogP contribution >= 0.6 is 0 Å². The molecule has 0 unspecified atom stereocenters. The molecular formula is C14H25NO. The maximum Gasteiger partial charge on any atom is 0.223 e.